The minimum absolute atomic E-state index is 0.150. The zero-order valence-electron chi connectivity index (χ0n) is 18.7. The first-order valence-electron chi connectivity index (χ1n) is 11.0. The lowest BCUT2D eigenvalue weighted by molar-refractivity contribution is -0.116. The molecular weight excluding hydrogens is 382 g/mol. The molecule has 6 heteroatoms. The number of ether oxygens (including phenoxy) is 3. The van der Waals surface area contributed by atoms with Gasteiger partial charge in [-0.25, -0.2) is 4.79 Å². The highest BCUT2D eigenvalue weighted by Gasteiger charge is 2.50. The van der Waals surface area contributed by atoms with Gasteiger partial charge in [0.15, 0.2) is 0 Å². The summed E-state index contributed by atoms with van der Waals surface area (Å²) in [6.45, 7) is 8.17. The molecule has 1 amide bonds. The van der Waals surface area contributed by atoms with Gasteiger partial charge < -0.3 is 19.5 Å². The molecule has 1 aliphatic heterocycles. The van der Waals surface area contributed by atoms with E-state index in [1.165, 1.54) is 0 Å². The summed E-state index contributed by atoms with van der Waals surface area (Å²) in [6, 6.07) is 4.23. The quantitative estimate of drug-likeness (QED) is 0.695. The summed E-state index contributed by atoms with van der Waals surface area (Å²) in [5.41, 5.74) is 4.01. The lowest BCUT2D eigenvalue weighted by atomic mass is 9.78. The summed E-state index contributed by atoms with van der Waals surface area (Å²) >= 11 is 0. The number of methoxy groups -OCH3 is 1. The Bertz CT molecular complexity index is 824. The summed E-state index contributed by atoms with van der Waals surface area (Å²) in [6.07, 6.45) is 3.84. The third-order valence-electron chi connectivity index (χ3n) is 6.27. The largest absolute Gasteiger partial charge is 0.513 e. The van der Waals surface area contributed by atoms with Gasteiger partial charge in [-0.2, -0.15) is 0 Å². The lowest BCUT2D eigenvalue weighted by Gasteiger charge is -2.37. The highest BCUT2D eigenvalue weighted by molar-refractivity contribution is 6.24. The van der Waals surface area contributed by atoms with Gasteiger partial charge in [-0.05, 0) is 69.1 Å². The van der Waals surface area contributed by atoms with Gasteiger partial charge in [0.25, 0.3) is 5.91 Å². The monoisotopic (exact) mass is 415 g/mol. The molecule has 1 aromatic carbocycles. The molecule has 164 valence electrons. The molecule has 0 aromatic heterocycles. The summed E-state index contributed by atoms with van der Waals surface area (Å²) in [4.78, 5) is 25.7. The molecule has 0 bridgehead atoms. The van der Waals surface area contributed by atoms with Crippen molar-refractivity contribution in [1.29, 1.82) is 0 Å². The summed E-state index contributed by atoms with van der Waals surface area (Å²) in [5, 5.41) is 3.18. The van der Waals surface area contributed by atoms with Gasteiger partial charge in [-0.15, -0.1) is 0 Å². The number of amides is 1. The molecule has 1 fully saturated rings. The van der Waals surface area contributed by atoms with E-state index in [9.17, 15) is 9.59 Å². The number of carbonyl (C=O) groups is 2. The Morgan fingerprint density at radius 3 is 2.23 bits per heavy atom. The fourth-order valence-corrected chi connectivity index (χ4v) is 4.78. The maximum Gasteiger partial charge on any atom is 0.513 e. The van der Waals surface area contributed by atoms with Crippen molar-refractivity contribution >= 4 is 17.6 Å². The van der Waals surface area contributed by atoms with E-state index in [4.69, 9.17) is 14.2 Å². The van der Waals surface area contributed by atoms with Crippen LogP contribution >= 0.6 is 0 Å². The number of nitrogens with one attached hydrogen (secondary N) is 1. The van der Waals surface area contributed by atoms with Gasteiger partial charge in [0.2, 0.25) is 0 Å². The summed E-state index contributed by atoms with van der Waals surface area (Å²) in [5.74, 6) is 0.229. The van der Waals surface area contributed by atoms with Gasteiger partial charge in [-0.3, -0.25) is 4.79 Å². The number of benzene rings is 1. The normalized spacial score (nSPS) is 23.6. The van der Waals surface area contributed by atoms with Crippen LogP contribution in [0.2, 0.25) is 0 Å². The Kier molecular flexibility index (Phi) is 6.86. The van der Waals surface area contributed by atoms with Crippen LogP contribution in [0.5, 0.6) is 0 Å². The molecule has 1 aromatic rings. The Labute approximate surface area is 179 Å². The average Bonchev–Trinajstić information content (AvgIpc) is 2.98. The van der Waals surface area contributed by atoms with Gasteiger partial charge in [0.1, 0.15) is 5.76 Å². The Hall–Kier alpha value is -2.34. The van der Waals surface area contributed by atoms with E-state index in [1.54, 1.807) is 14.0 Å². The Morgan fingerprint density at radius 1 is 1.13 bits per heavy atom. The topological polar surface area (TPSA) is 73.9 Å². The van der Waals surface area contributed by atoms with E-state index in [1.807, 2.05) is 0 Å². The number of hydrogen-bond acceptors (Lipinski definition) is 5. The molecule has 2 aliphatic rings. The Balaban J connectivity index is 2.18. The SMILES string of the molecule is CCOC(=O)OC1=C(c2c(CC)cc(C)cc2CC)C(=O)NC12CCC(OC)CC2. The first-order valence-corrected chi connectivity index (χ1v) is 11.0. The molecule has 30 heavy (non-hydrogen) atoms. The van der Waals surface area contributed by atoms with Gasteiger partial charge in [0.05, 0.1) is 23.8 Å². The maximum atomic E-state index is 13.3. The predicted octanol–water partition coefficient (Wildman–Crippen LogP) is 4.46. The van der Waals surface area contributed by atoms with Crippen molar-refractivity contribution in [1.82, 2.24) is 5.32 Å². The van der Waals surface area contributed by atoms with E-state index in [-0.39, 0.29) is 18.6 Å². The van der Waals surface area contributed by atoms with Crippen LogP contribution in [0.4, 0.5) is 4.79 Å². The molecule has 1 spiro atoms. The fraction of sp³-hybridized carbons (Fsp3) is 0.583. The number of aryl methyl sites for hydroxylation is 3. The molecule has 1 heterocycles. The second-order valence-corrected chi connectivity index (χ2v) is 8.13. The molecule has 1 saturated carbocycles. The van der Waals surface area contributed by atoms with E-state index >= 15 is 0 Å². The third kappa shape index (κ3) is 4.10. The maximum absolute atomic E-state index is 13.3. The fourth-order valence-electron chi connectivity index (χ4n) is 4.78. The van der Waals surface area contributed by atoms with Crippen molar-refractivity contribution in [2.75, 3.05) is 13.7 Å². The van der Waals surface area contributed by atoms with Gasteiger partial charge in [0, 0.05) is 7.11 Å². The van der Waals surface area contributed by atoms with Crippen molar-refractivity contribution in [2.45, 2.75) is 77.9 Å². The zero-order valence-corrected chi connectivity index (χ0v) is 18.7. The molecule has 0 atom stereocenters. The van der Waals surface area contributed by atoms with Crippen molar-refractivity contribution < 1.29 is 23.8 Å². The van der Waals surface area contributed by atoms with E-state index in [0.29, 0.717) is 24.2 Å². The summed E-state index contributed by atoms with van der Waals surface area (Å²) in [7, 11) is 1.71. The molecule has 0 radical (unpaired) electrons. The van der Waals surface area contributed by atoms with Crippen molar-refractivity contribution in [3.05, 3.63) is 40.1 Å². The first kappa shape index (κ1) is 22.3. The predicted molar refractivity (Wildman–Crippen MR) is 115 cm³/mol. The second-order valence-electron chi connectivity index (χ2n) is 8.13. The number of carbonyl (C=O) groups excluding carboxylic acids is 2. The third-order valence-corrected chi connectivity index (χ3v) is 6.27. The van der Waals surface area contributed by atoms with E-state index in [2.05, 4.69) is 38.2 Å². The van der Waals surface area contributed by atoms with Crippen LogP contribution in [-0.2, 0) is 31.8 Å². The van der Waals surface area contributed by atoms with Gasteiger partial charge in [-0.1, -0.05) is 31.5 Å². The molecule has 0 saturated heterocycles. The average molecular weight is 416 g/mol. The van der Waals surface area contributed by atoms with Crippen LogP contribution in [0.25, 0.3) is 5.57 Å². The van der Waals surface area contributed by atoms with Crippen LogP contribution in [0.3, 0.4) is 0 Å². The lowest BCUT2D eigenvalue weighted by Crippen LogP contribution is -2.49. The van der Waals surface area contributed by atoms with Gasteiger partial charge >= 0.3 is 6.16 Å². The molecule has 6 nitrogen and oxygen atoms in total. The number of hydrogen-bond donors (Lipinski definition) is 1. The van der Waals surface area contributed by atoms with E-state index in [0.717, 1.165) is 47.9 Å². The second kappa shape index (κ2) is 9.21. The smallest absolute Gasteiger partial charge is 0.434 e. The zero-order chi connectivity index (χ0) is 21.9. The van der Waals surface area contributed by atoms with Crippen molar-refractivity contribution in [3.8, 4) is 0 Å². The van der Waals surface area contributed by atoms with Crippen LogP contribution < -0.4 is 5.32 Å². The Morgan fingerprint density at radius 2 is 1.73 bits per heavy atom. The van der Waals surface area contributed by atoms with Crippen molar-refractivity contribution in [2.24, 2.45) is 0 Å². The summed E-state index contributed by atoms with van der Waals surface area (Å²) < 4.78 is 16.4. The molecule has 1 N–H and O–H groups in total. The van der Waals surface area contributed by atoms with E-state index < -0.39 is 11.7 Å². The molecule has 3 rings (SSSR count). The highest BCUT2D eigenvalue weighted by Crippen LogP contribution is 2.45. The highest BCUT2D eigenvalue weighted by atomic mass is 16.7. The molecule has 1 aliphatic carbocycles. The minimum atomic E-state index is -0.766. The molecule has 0 unspecified atom stereocenters. The van der Waals surface area contributed by atoms with Crippen molar-refractivity contribution in [3.63, 3.8) is 0 Å². The first-order chi connectivity index (χ1) is 14.4. The standard InChI is InChI=1S/C24H33NO5/c1-6-16-13-15(4)14-17(7-2)19(16)20-21(30-23(27)29-8-3)24(25-22(20)26)11-9-18(28-5)10-12-24/h13-14,18H,6-12H2,1-5H3,(H,25,26). The van der Waals surface area contributed by atoms with Crippen LogP contribution in [0, 0.1) is 6.92 Å². The van der Waals surface area contributed by atoms with Crippen LogP contribution in [-0.4, -0.2) is 37.4 Å². The van der Waals surface area contributed by atoms with Crippen LogP contribution in [0.1, 0.15) is 68.7 Å². The number of rotatable bonds is 6. The molecular formula is C24H33NO5. The minimum Gasteiger partial charge on any atom is -0.434 e. The van der Waals surface area contributed by atoms with Crippen LogP contribution in [0.15, 0.2) is 17.9 Å².